The number of ether oxygens (including phenoxy) is 1. The molecule has 1 atom stereocenters. The minimum atomic E-state index is -0.686. The van der Waals surface area contributed by atoms with Crippen molar-refractivity contribution in [3.63, 3.8) is 0 Å². The number of methoxy groups -OCH3 is 1. The molecule has 3 N–H and O–H groups in total. The summed E-state index contributed by atoms with van der Waals surface area (Å²) in [5, 5.41) is 14.7. The molecule has 0 aromatic heterocycles. The Balaban J connectivity index is 3.62. The fraction of sp³-hybridized carbons (Fsp3) is 0.846. The molecule has 0 heterocycles. The van der Waals surface area contributed by atoms with Crippen LogP contribution in [-0.2, 0) is 14.3 Å². The third-order valence-corrected chi connectivity index (χ3v) is 2.44. The van der Waals surface area contributed by atoms with Crippen molar-refractivity contribution < 1.29 is 19.4 Å². The highest BCUT2D eigenvalue weighted by Crippen LogP contribution is 2.12. The summed E-state index contributed by atoms with van der Waals surface area (Å²) in [6.07, 6.45) is 0.215. The van der Waals surface area contributed by atoms with Crippen LogP contribution in [0.15, 0.2) is 0 Å². The predicted octanol–water partition coefficient (Wildman–Crippen LogP) is 0.0524. The Bertz CT molecular complexity index is 287. The van der Waals surface area contributed by atoms with Gasteiger partial charge in [0.2, 0.25) is 11.8 Å². The lowest BCUT2D eigenvalue weighted by atomic mass is 9.96. The maximum absolute atomic E-state index is 11.5. The van der Waals surface area contributed by atoms with Gasteiger partial charge in [0.15, 0.2) is 0 Å². The molecule has 0 aromatic carbocycles. The topological polar surface area (TPSA) is 87.7 Å². The molecule has 6 heteroatoms. The van der Waals surface area contributed by atoms with Crippen LogP contribution in [-0.4, -0.2) is 49.8 Å². The van der Waals surface area contributed by atoms with Gasteiger partial charge in [0.25, 0.3) is 0 Å². The van der Waals surface area contributed by atoms with Gasteiger partial charge >= 0.3 is 0 Å². The lowest BCUT2D eigenvalue weighted by Crippen LogP contribution is -2.36. The first-order valence-electron chi connectivity index (χ1n) is 6.49. The van der Waals surface area contributed by atoms with E-state index >= 15 is 0 Å². The molecule has 0 bridgehead atoms. The van der Waals surface area contributed by atoms with E-state index in [0.717, 1.165) is 0 Å². The quantitative estimate of drug-likeness (QED) is 0.546. The molecular formula is C13H26N2O4. The molecule has 0 radical (unpaired) electrons. The highest BCUT2D eigenvalue weighted by atomic mass is 16.5. The van der Waals surface area contributed by atoms with Crippen molar-refractivity contribution in [1.29, 1.82) is 0 Å². The summed E-state index contributed by atoms with van der Waals surface area (Å²) in [5.74, 6) is -0.163. The van der Waals surface area contributed by atoms with E-state index in [9.17, 15) is 14.7 Å². The molecule has 0 aromatic rings. The van der Waals surface area contributed by atoms with Gasteiger partial charge in [0.05, 0.1) is 12.7 Å². The van der Waals surface area contributed by atoms with Crippen molar-refractivity contribution in [3.8, 4) is 0 Å². The van der Waals surface area contributed by atoms with Gasteiger partial charge in [-0.25, -0.2) is 0 Å². The zero-order valence-corrected chi connectivity index (χ0v) is 12.3. The molecule has 0 aliphatic heterocycles. The maximum atomic E-state index is 11.5. The average molecular weight is 274 g/mol. The second-order valence-corrected chi connectivity index (χ2v) is 5.52. The van der Waals surface area contributed by atoms with E-state index in [1.54, 1.807) is 0 Å². The summed E-state index contributed by atoms with van der Waals surface area (Å²) < 4.78 is 4.74. The molecular weight excluding hydrogens is 248 g/mol. The summed E-state index contributed by atoms with van der Waals surface area (Å²) in [6.45, 7) is 6.37. The smallest absolute Gasteiger partial charge is 0.225 e. The van der Waals surface area contributed by atoms with Crippen molar-refractivity contribution in [2.45, 2.75) is 39.7 Å². The number of hydrogen-bond donors (Lipinski definition) is 3. The molecule has 0 fully saturated rings. The normalized spacial score (nSPS) is 12.9. The van der Waals surface area contributed by atoms with Gasteiger partial charge in [-0.05, 0) is 6.42 Å². The van der Waals surface area contributed by atoms with E-state index in [0.29, 0.717) is 19.4 Å². The Morgan fingerprint density at radius 3 is 2.42 bits per heavy atom. The molecule has 2 amide bonds. The summed E-state index contributed by atoms with van der Waals surface area (Å²) in [4.78, 5) is 23.0. The van der Waals surface area contributed by atoms with Crippen LogP contribution in [0.5, 0.6) is 0 Å². The van der Waals surface area contributed by atoms with E-state index in [-0.39, 0.29) is 25.0 Å². The largest absolute Gasteiger partial charge is 0.389 e. The van der Waals surface area contributed by atoms with Gasteiger partial charge in [-0.3, -0.25) is 9.59 Å². The standard InChI is InChI=1S/C13H26N2O4/c1-13(2,3)12(18)14-7-5-6-11(17)15-8-10(16)9-19-4/h10,16H,5-9H2,1-4H3,(H,14,18)(H,15,17). The van der Waals surface area contributed by atoms with Crippen LogP contribution in [0.4, 0.5) is 0 Å². The molecule has 6 nitrogen and oxygen atoms in total. The molecule has 0 saturated carbocycles. The van der Waals surface area contributed by atoms with Crippen LogP contribution in [0.25, 0.3) is 0 Å². The third kappa shape index (κ3) is 9.44. The summed E-state index contributed by atoms with van der Waals surface area (Å²) in [7, 11) is 1.49. The zero-order chi connectivity index (χ0) is 14.9. The summed E-state index contributed by atoms with van der Waals surface area (Å²) in [5.41, 5.74) is -0.410. The molecule has 1 unspecified atom stereocenters. The molecule has 19 heavy (non-hydrogen) atoms. The highest BCUT2D eigenvalue weighted by Gasteiger charge is 2.20. The lowest BCUT2D eigenvalue weighted by Gasteiger charge is -2.17. The molecule has 112 valence electrons. The van der Waals surface area contributed by atoms with Crippen LogP contribution < -0.4 is 10.6 Å². The van der Waals surface area contributed by atoms with Crippen molar-refractivity contribution in [2.24, 2.45) is 5.41 Å². The van der Waals surface area contributed by atoms with Crippen LogP contribution in [0.3, 0.4) is 0 Å². The fourth-order valence-corrected chi connectivity index (χ4v) is 1.29. The number of rotatable bonds is 8. The monoisotopic (exact) mass is 274 g/mol. The molecule has 0 saturated heterocycles. The Hall–Kier alpha value is -1.14. The zero-order valence-electron chi connectivity index (χ0n) is 12.3. The van der Waals surface area contributed by atoms with Crippen molar-refractivity contribution in [1.82, 2.24) is 10.6 Å². The Morgan fingerprint density at radius 1 is 1.26 bits per heavy atom. The van der Waals surface area contributed by atoms with E-state index < -0.39 is 11.5 Å². The Morgan fingerprint density at radius 2 is 1.89 bits per heavy atom. The van der Waals surface area contributed by atoms with Crippen LogP contribution >= 0.6 is 0 Å². The van der Waals surface area contributed by atoms with Gasteiger partial charge < -0.3 is 20.5 Å². The molecule has 0 aliphatic carbocycles. The van der Waals surface area contributed by atoms with Crippen LogP contribution in [0.2, 0.25) is 0 Å². The number of carbonyl (C=O) groups is 2. The highest BCUT2D eigenvalue weighted by molar-refractivity contribution is 5.81. The number of hydrogen-bond acceptors (Lipinski definition) is 4. The molecule has 0 rings (SSSR count). The minimum Gasteiger partial charge on any atom is -0.389 e. The first kappa shape index (κ1) is 17.9. The van der Waals surface area contributed by atoms with Gasteiger partial charge in [0.1, 0.15) is 0 Å². The molecule has 0 spiro atoms. The summed E-state index contributed by atoms with van der Waals surface area (Å²) >= 11 is 0. The number of amides is 2. The Labute approximate surface area is 114 Å². The van der Waals surface area contributed by atoms with Gasteiger partial charge in [0, 0.05) is 32.0 Å². The average Bonchev–Trinajstić information content (AvgIpc) is 2.31. The summed E-state index contributed by atoms with van der Waals surface area (Å²) in [6, 6.07) is 0. The number of aliphatic hydroxyl groups is 1. The van der Waals surface area contributed by atoms with Gasteiger partial charge in [-0.2, -0.15) is 0 Å². The van der Waals surface area contributed by atoms with Gasteiger partial charge in [-0.15, -0.1) is 0 Å². The van der Waals surface area contributed by atoms with E-state index in [2.05, 4.69) is 10.6 Å². The van der Waals surface area contributed by atoms with E-state index in [1.165, 1.54) is 7.11 Å². The van der Waals surface area contributed by atoms with Crippen molar-refractivity contribution in [3.05, 3.63) is 0 Å². The second kappa shape index (κ2) is 8.87. The number of nitrogens with one attached hydrogen (secondary N) is 2. The van der Waals surface area contributed by atoms with Crippen molar-refractivity contribution >= 4 is 11.8 Å². The van der Waals surface area contributed by atoms with Crippen LogP contribution in [0.1, 0.15) is 33.6 Å². The lowest BCUT2D eigenvalue weighted by molar-refractivity contribution is -0.128. The SMILES string of the molecule is COCC(O)CNC(=O)CCCNC(=O)C(C)(C)C. The predicted molar refractivity (Wildman–Crippen MR) is 72.6 cm³/mol. The maximum Gasteiger partial charge on any atom is 0.225 e. The van der Waals surface area contributed by atoms with E-state index in [4.69, 9.17) is 4.74 Å². The number of carbonyl (C=O) groups excluding carboxylic acids is 2. The minimum absolute atomic E-state index is 0.0246. The number of aliphatic hydroxyl groups excluding tert-OH is 1. The molecule has 0 aliphatic rings. The van der Waals surface area contributed by atoms with Gasteiger partial charge in [-0.1, -0.05) is 20.8 Å². The first-order valence-corrected chi connectivity index (χ1v) is 6.49. The third-order valence-electron chi connectivity index (χ3n) is 2.44. The first-order chi connectivity index (χ1) is 8.77. The van der Waals surface area contributed by atoms with Crippen LogP contribution in [0, 0.1) is 5.41 Å². The fourth-order valence-electron chi connectivity index (χ4n) is 1.29. The van der Waals surface area contributed by atoms with E-state index in [1.807, 2.05) is 20.8 Å². The second-order valence-electron chi connectivity index (χ2n) is 5.52. The Kier molecular flexibility index (Phi) is 8.34. The van der Waals surface area contributed by atoms with Crippen molar-refractivity contribution in [2.75, 3.05) is 26.8 Å².